The van der Waals surface area contributed by atoms with Gasteiger partial charge in [-0.3, -0.25) is 4.79 Å². The number of anilines is 1. The molecule has 2 aromatic carbocycles. The van der Waals surface area contributed by atoms with Gasteiger partial charge in [-0.1, -0.05) is 29.8 Å². The molecule has 1 amide bonds. The average molecular weight is 377 g/mol. The van der Waals surface area contributed by atoms with Crippen LogP contribution in [0.2, 0.25) is 5.02 Å². The standard InChI is InChI=1S/C19H21ClN2O4/c1-12(13-5-3-4-6-16(13)24-2)22-19(23)11-21-15-10-18-17(9-14(15)20)25-7-8-26-18/h3-6,9-10,12,21H,7-8,11H2,1-2H3,(H,22,23). The second-order valence-corrected chi connectivity index (χ2v) is 6.27. The molecule has 6 nitrogen and oxygen atoms in total. The van der Waals surface area contributed by atoms with Crippen LogP contribution in [0.5, 0.6) is 17.2 Å². The van der Waals surface area contributed by atoms with Crippen molar-refractivity contribution in [2.45, 2.75) is 13.0 Å². The number of nitrogens with one attached hydrogen (secondary N) is 2. The molecule has 1 heterocycles. The van der Waals surface area contributed by atoms with E-state index in [1.54, 1.807) is 19.2 Å². The van der Waals surface area contributed by atoms with Gasteiger partial charge in [0.2, 0.25) is 5.91 Å². The highest BCUT2D eigenvalue weighted by atomic mass is 35.5. The minimum Gasteiger partial charge on any atom is -0.496 e. The lowest BCUT2D eigenvalue weighted by Gasteiger charge is -2.20. The summed E-state index contributed by atoms with van der Waals surface area (Å²) in [6.45, 7) is 2.98. The Labute approximate surface area is 157 Å². The summed E-state index contributed by atoms with van der Waals surface area (Å²) in [5.74, 6) is 1.81. The maximum Gasteiger partial charge on any atom is 0.239 e. The molecule has 0 radical (unpaired) electrons. The molecule has 0 bridgehead atoms. The molecule has 138 valence electrons. The third kappa shape index (κ3) is 4.14. The van der Waals surface area contributed by atoms with Crippen molar-refractivity contribution in [2.24, 2.45) is 0 Å². The molecule has 0 fully saturated rings. The Morgan fingerprint density at radius 3 is 2.65 bits per heavy atom. The van der Waals surface area contributed by atoms with E-state index in [2.05, 4.69) is 10.6 Å². The number of fused-ring (bicyclic) bond motifs is 1. The third-order valence-corrected chi connectivity index (χ3v) is 4.37. The molecule has 1 aliphatic heterocycles. The molecule has 1 unspecified atom stereocenters. The van der Waals surface area contributed by atoms with Gasteiger partial charge >= 0.3 is 0 Å². The van der Waals surface area contributed by atoms with Crippen molar-refractivity contribution in [1.29, 1.82) is 0 Å². The van der Waals surface area contributed by atoms with Gasteiger partial charge in [0.05, 0.1) is 30.4 Å². The first-order valence-electron chi connectivity index (χ1n) is 8.33. The first-order chi connectivity index (χ1) is 12.6. The van der Waals surface area contributed by atoms with Crippen LogP contribution in [0.15, 0.2) is 36.4 Å². The lowest BCUT2D eigenvalue weighted by molar-refractivity contribution is -0.120. The van der Waals surface area contributed by atoms with Crippen molar-refractivity contribution < 1.29 is 19.0 Å². The SMILES string of the molecule is COc1ccccc1C(C)NC(=O)CNc1cc2c(cc1Cl)OCCO2. The first-order valence-corrected chi connectivity index (χ1v) is 8.71. The molecule has 2 aromatic rings. The van der Waals surface area contributed by atoms with Gasteiger partial charge < -0.3 is 24.8 Å². The summed E-state index contributed by atoms with van der Waals surface area (Å²) in [6, 6.07) is 10.8. The molecule has 26 heavy (non-hydrogen) atoms. The number of ether oxygens (including phenoxy) is 3. The van der Waals surface area contributed by atoms with Gasteiger partial charge in [0.1, 0.15) is 19.0 Å². The molecular weight excluding hydrogens is 356 g/mol. The monoisotopic (exact) mass is 376 g/mol. The zero-order chi connectivity index (χ0) is 18.5. The number of hydrogen-bond donors (Lipinski definition) is 2. The van der Waals surface area contributed by atoms with Gasteiger partial charge in [0.25, 0.3) is 0 Å². The molecule has 0 saturated heterocycles. The summed E-state index contributed by atoms with van der Waals surface area (Å²) in [4.78, 5) is 12.3. The first kappa shape index (κ1) is 18.2. The molecule has 1 atom stereocenters. The second kappa shape index (κ2) is 8.19. The van der Waals surface area contributed by atoms with Crippen LogP contribution >= 0.6 is 11.6 Å². The van der Waals surface area contributed by atoms with Gasteiger partial charge in [-0.2, -0.15) is 0 Å². The largest absolute Gasteiger partial charge is 0.496 e. The summed E-state index contributed by atoms with van der Waals surface area (Å²) in [5.41, 5.74) is 1.54. The van der Waals surface area contributed by atoms with E-state index in [9.17, 15) is 4.79 Å². The molecule has 7 heteroatoms. The van der Waals surface area contributed by atoms with Crippen molar-refractivity contribution in [3.8, 4) is 17.2 Å². The minimum atomic E-state index is -0.184. The quantitative estimate of drug-likeness (QED) is 0.808. The minimum absolute atomic E-state index is 0.0822. The Kier molecular flexibility index (Phi) is 5.73. The van der Waals surface area contributed by atoms with Crippen molar-refractivity contribution in [3.05, 3.63) is 47.0 Å². The van der Waals surface area contributed by atoms with Gasteiger partial charge in [0.15, 0.2) is 11.5 Å². The summed E-state index contributed by atoms with van der Waals surface area (Å²) in [6.07, 6.45) is 0. The Balaban J connectivity index is 1.60. The molecule has 0 spiro atoms. The fourth-order valence-electron chi connectivity index (χ4n) is 2.77. The molecule has 0 saturated carbocycles. The number of halogens is 1. The Hall–Kier alpha value is -2.60. The van der Waals surface area contributed by atoms with Crippen LogP contribution in [0.4, 0.5) is 5.69 Å². The van der Waals surface area contributed by atoms with Gasteiger partial charge in [-0.05, 0) is 13.0 Å². The van der Waals surface area contributed by atoms with E-state index in [1.807, 2.05) is 31.2 Å². The van der Waals surface area contributed by atoms with Crippen LogP contribution in [-0.2, 0) is 4.79 Å². The number of rotatable bonds is 6. The zero-order valence-electron chi connectivity index (χ0n) is 14.7. The molecule has 2 N–H and O–H groups in total. The van der Waals surface area contributed by atoms with Crippen LogP contribution < -0.4 is 24.8 Å². The predicted octanol–water partition coefficient (Wildman–Crippen LogP) is 3.41. The summed E-state index contributed by atoms with van der Waals surface area (Å²) >= 11 is 6.24. The maximum absolute atomic E-state index is 12.3. The number of para-hydroxylation sites is 1. The molecule has 1 aliphatic rings. The third-order valence-electron chi connectivity index (χ3n) is 4.05. The lowest BCUT2D eigenvalue weighted by atomic mass is 10.1. The lowest BCUT2D eigenvalue weighted by Crippen LogP contribution is -2.32. The molecule has 3 rings (SSSR count). The molecule has 0 aromatic heterocycles. The highest BCUT2D eigenvalue weighted by molar-refractivity contribution is 6.33. The summed E-state index contributed by atoms with van der Waals surface area (Å²) in [7, 11) is 1.61. The summed E-state index contributed by atoms with van der Waals surface area (Å²) in [5, 5.41) is 6.45. The topological polar surface area (TPSA) is 68.8 Å². The number of carbonyl (C=O) groups is 1. The van der Waals surface area contributed by atoms with E-state index in [0.717, 1.165) is 11.3 Å². The van der Waals surface area contributed by atoms with E-state index in [1.165, 1.54) is 0 Å². The van der Waals surface area contributed by atoms with E-state index >= 15 is 0 Å². The van der Waals surface area contributed by atoms with E-state index in [-0.39, 0.29) is 18.5 Å². The smallest absolute Gasteiger partial charge is 0.239 e. The van der Waals surface area contributed by atoms with Gasteiger partial charge in [-0.15, -0.1) is 0 Å². The van der Waals surface area contributed by atoms with Crippen LogP contribution in [0.1, 0.15) is 18.5 Å². The van der Waals surface area contributed by atoms with Crippen LogP contribution in [-0.4, -0.2) is 32.8 Å². The predicted molar refractivity (Wildman–Crippen MR) is 100 cm³/mol. The fraction of sp³-hybridized carbons (Fsp3) is 0.316. The van der Waals surface area contributed by atoms with Crippen molar-refractivity contribution >= 4 is 23.2 Å². The Bertz CT molecular complexity index is 797. The van der Waals surface area contributed by atoms with Crippen molar-refractivity contribution in [3.63, 3.8) is 0 Å². The van der Waals surface area contributed by atoms with Crippen LogP contribution in [0.25, 0.3) is 0 Å². The van der Waals surface area contributed by atoms with E-state index < -0.39 is 0 Å². The van der Waals surface area contributed by atoms with E-state index in [0.29, 0.717) is 35.4 Å². The fourth-order valence-corrected chi connectivity index (χ4v) is 2.99. The van der Waals surface area contributed by atoms with Gasteiger partial charge in [0, 0.05) is 17.7 Å². The Morgan fingerprint density at radius 2 is 1.92 bits per heavy atom. The zero-order valence-corrected chi connectivity index (χ0v) is 15.4. The van der Waals surface area contributed by atoms with Gasteiger partial charge in [-0.25, -0.2) is 0 Å². The highest BCUT2D eigenvalue weighted by Gasteiger charge is 2.17. The Morgan fingerprint density at radius 1 is 1.23 bits per heavy atom. The second-order valence-electron chi connectivity index (χ2n) is 5.86. The number of benzene rings is 2. The molecule has 0 aliphatic carbocycles. The number of methoxy groups -OCH3 is 1. The molecular formula is C19H21ClN2O4. The normalized spacial score (nSPS) is 13.7. The summed E-state index contributed by atoms with van der Waals surface area (Å²) < 4.78 is 16.4. The number of carbonyl (C=O) groups excluding carboxylic acids is 1. The maximum atomic E-state index is 12.3. The van der Waals surface area contributed by atoms with Crippen LogP contribution in [0, 0.1) is 0 Å². The number of hydrogen-bond acceptors (Lipinski definition) is 5. The van der Waals surface area contributed by atoms with E-state index in [4.69, 9.17) is 25.8 Å². The highest BCUT2D eigenvalue weighted by Crippen LogP contribution is 2.37. The van der Waals surface area contributed by atoms with Crippen LogP contribution in [0.3, 0.4) is 0 Å². The van der Waals surface area contributed by atoms with Crippen molar-refractivity contribution in [1.82, 2.24) is 5.32 Å². The van der Waals surface area contributed by atoms with Crippen molar-refractivity contribution in [2.75, 3.05) is 32.2 Å². The number of amides is 1. The average Bonchev–Trinajstić information content (AvgIpc) is 2.66.